The summed E-state index contributed by atoms with van der Waals surface area (Å²) >= 11 is 0. The molecule has 2 unspecified atom stereocenters. The van der Waals surface area contributed by atoms with Gasteiger partial charge < -0.3 is 5.32 Å². The van der Waals surface area contributed by atoms with E-state index < -0.39 is 9.84 Å². The number of hydrogen-bond donors (Lipinski definition) is 1. The van der Waals surface area contributed by atoms with Crippen LogP contribution in [0.3, 0.4) is 0 Å². The van der Waals surface area contributed by atoms with Crippen LogP contribution in [0, 0.1) is 6.92 Å². The van der Waals surface area contributed by atoms with Gasteiger partial charge in [0.1, 0.15) is 0 Å². The molecule has 2 atom stereocenters. The molecule has 0 aromatic carbocycles. The maximum atomic E-state index is 11.3. The lowest BCUT2D eigenvalue weighted by molar-refractivity contribution is 0.521. The monoisotopic (exact) mass is 253 g/mol. The highest BCUT2D eigenvalue weighted by Crippen LogP contribution is 2.16. The fourth-order valence-corrected chi connectivity index (χ4v) is 3.17. The molecule has 0 saturated carbocycles. The van der Waals surface area contributed by atoms with E-state index in [4.69, 9.17) is 0 Å². The van der Waals surface area contributed by atoms with Crippen molar-refractivity contribution in [1.82, 2.24) is 15.3 Å². The minimum Gasteiger partial charge on any atom is -0.301 e. The van der Waals surface area contributed by atoms with Crippen molar-refractivity contribution in [1.29, 1.82) is 0 Å². The maximum Gasteiger partial charge on any atom is 0.173 e. The third-order valence-electron chi connectivity index (χ3n) is 2.72. The molecule has 0 spiro atoms. The quantitative estimate of drug-likeness (QED) is 0.860. The largest absolute Gasteiger partial charge is 0.301 e. The van der Waals surface area contributed by atoms with Gasteiger partial charge in [-0.05, 0) is 13.8 Å². The molecule has 1 N–H and O–H groups in total. The van der Waals surface area contributed by atoms with E-state index in [0.29, 0.717) is 0 Å². The zero-order valence-electron chi connectivity index (χ0n) is 9.79. The van der Waals surface area contributed by atoms with E-state index in [1.165, 1.54) is 5.41 Å². The van der Waals surface area contributed by atoms with E-state index in [0.717, 1.165) is 11.4 Å². The lowest BCUT2D eigenvalue weighted by atomic mass is 10.1. The Labute approximate surface area is 101 Å². The number of rotatable bonds is 3. The van der Waals surface area contributed by atoms with Crippen LogP contribution in [-0.4, -0.2) is 30.2 Å². The fourth-order valence-electron chi connectivity index (χ4n) is 1.92. The Hall–Kier alpha value is -1.27. The molecular formula is C11H15N3O2S. The van der Waals surface area contributed by atoms with Crippen LogP contribution in [0.2, 0.25) is 0 Å². The number of sulfone groups is 1. The van der Waals surface area contributed by atoms with Crippen LogP contribution in [0.1, 0.15) is 24.4 Å². The normalized spacial score (nSPS) is 23.8. The zero-order chi connectivity index (χ0) is 12.5. The summed E-state index contributed by atoms with van der Waals surface area (Å²) in [5.41, 5.74) is 1.71. The molecule has 6 heteroatoms. The van der Waals surface area contributed by atoms with Crippen molar-refractivity contribution >= 4 is 9.84 Å². The predicted molar refractivity (Wildman–Crippen MR) is 65.0 cm³/mol. The molecule has 0 amide bonds. The van der Waals surface area contributed by atoms with Crippen LogP contribution in [0.25, 0.3) is 0 Å². The second-order valence-electron chi connectivity index (χ2n) is 4.18. The molecule has 1 aliphatic rings. The second-order valence-corrected chi connectivity index (χ2v) is 6.11. The summed E-state index contributed by atoms with van der Waals surface area (Å²) in [5, 5.41) is 4.49. The zero-order valence-corrected chi connectivity index (χ0v) is 10.6. The van der Waals surface area contributed by atoms with Gasteiger partial charge in [-0.1, -0.05) is 6.08 Å². The van der Waals surface area contributed by atoms with Crippen molar-refractivity contribution in [3.05, 3.63) is 35.3 Å². The Morgan fingerprint density at radius 3 is 2.71 bits per heavy atom. The van der Waals surface area contributed by atoms with Crippen LogP contribution >= 0.6 is 0 Å². The third kappa shape index (κ3) is 2.89. The van der Waals surface area contributed by atoms with Gasteiger partial charge in [-0.2, -0.15) is 0 Å². The highest BCUT2D eigenvalue weighted by atomic mass is 32.2. The molecule has 0 saturated heterocycles. The summed E-state index contributed by atoms with van der Waals surface area (Å²) in [5.74, 6) is 0.122. The summed E-state index contributed by atoms with van der Waals surface area (Å²) in [6.07, 6.45) is 4.96. The van der Waals surface area contributed by atoms with Crippen molar-refractivity contribution in [3.8, 4) is 0 Å². The second kappa shape index (κ2) is 4.54. The molecule has 5 nitrogen and oxygen atoms in total. The number of nitrogens with one attached hydrogen (secondary N) is 1. The van der Waals surface area contributed by atoms with Gasteiger partial charge in [-0.3, -0.25) is 9.97 Å². The number of nitrogens with zero attached hydrogens (tertiary/aromatic N) is 2. The van der Waals surface area contributed by atoms with E-state index >= 15 is 0 Å². The molecule has 0 bridgehead atoms. The molecule has 0 fully saturated rings. The van der Waals surface area contributed by atoms with Gasteiger partial charge in [0.2, 0.25) is 0 Å². The highest BCUT2D eigenvalue weighted by molar-refractivity contribution is 7.94. The predicted octanol–water partition coefficient (Wildman–Crippen LogP) is 0.746. The fraction of sp³-hybridized carbons (Fsp3) is 0.455. The minimum atomic E-state index is -3.01. The molecule has 2 rings (SSSR count). The van der Waals surface area contributed by atoms with Crippen LogP contribution < -0.4 is 5.32 Å². The van der Waals surface area contributed by atoms with Crippen LogP contribution in [0.4, 0.5) is 0 Å². The maximum absolute atomic E-state index is 11.3. The van der Waals surface area contributed by atoms with E-state index in [2.05, 4.69) is 15.3 Å². The molecule has 1 aromatic heterocycles. The van der Waals surface area contributed by atoms with E-state index in [-0.39, 0.29) is 17.8 Å². The van der Waals surface area contributed by atoms with Crippen molar-refractivity contribution < 1.29 is 8.42 Å². The summed E-state index contributed by atoms with van der Waals surface area (Å²) in [7, 11) is -3.01. The Kier molecular flexibility index (Phi) is 3.26. The smallest absolute Gasteiger partial charge is 0.173 e. The summed E-state index contributed by atoms with van der Waals surface area (Å²) in [6, 6.07) is -0.164. The van der Waals surface area contributed by atoms with Gasteiger partial charge >= 0.3 is 0 Å². The molecular weight excluding hydrogens is 238 g/mol. The molecule has 0 radical (unpaired) electrons. The van der Waals surface area contributed by atoms with Gasteiger partial charge in [0.25, 0.3) is 0 Å². The molecule has 2 heterocycles. The molecule has 1 aliphatic heterocycles. The Bertz CT molecular complexity index is 539. The van der Waals surface area contributed by atoms with Gasteiger partial charge in [-0.25, -0.2) is 8.42 Å². The standard InChI is InChI=1S/C11H15N3O2S/c1-8-11(13-5-4-12-8)9(2)14-10-3-6-17(15,16)7-10/h3-6,9-10,14H,7H2,1-2H3. The third-order valence-corrected chi connectivity index (χ3v) is 4.12. The summed E-state index contributed by atoms with van der Waals surface area (Å²) < 4.78 is 22.5. The Balaban J connectivity index is 2.06. The molecule has 17 heavy (non-hydrogen) atoms. The summed E-state index contributed by atoms with van der Waals surface area (Å²) in [4.78, 5) is 8.42. The SMILES string of the molecule is Cc1nccnc1C(C)NC1C=CS(=O)(=O)C1. The Morgan fingerprint density at radius 1 is 1.41 bits per heavy atom. The average molecular weight is 253 g/mol. The van der Waals surface area contributed by atoms with Gasteiger partial charge in [0.05, 0.1) is 17.1 Å². The van der Waals surface area contributed by atoms with Crippen molar-refractivity contribution in [3.63, 3.8) is 0 Å². The van der Waals surface area contributed by atoms with Crippen LogP contribution in [-0.2, 0) is 9.84 Å². The van der Waals surface area contributed by atoms with E-state index in [1.54, 1.807) is 18.5 Å². The first kappa shape index (κ1) is 12.2. The first-order chi connectivity index (χ1) is 7.98. The molecule has 92 valence electrons. The average Bonchev–Trinajstić information content (AvgIpc) is 2.58. The number of aryl methyl sites for hydroxylation is 1. The van der Waals surface area contributed by atoms with Crippen molar-refractivity contribution in [2.24, 2.45) is 0 Å². The minimum absolute atomic E-state index is 0.0216. The first-order valence-electron chi connectivity index (χ1n) is 5.42. The van der Waals surface area contributed by atoms with Crippen LogP contribution in [0.5, 0.6) is 0 Å². The lowest BCUT2D eigenvalue weighted by Crippen LogP contribution is -2.33. The van der Waals surface area contributed by atoms with Crippen molar-refractivity contribution in [2.75, 3.05) is 5.75 Å². The topological polar surface area (TPSA) is 72.0 Å². The van der Waals surface area contributed by atoms with Crippen molar-refractivity contribution in [2.45, 2.75) is 25.9 Å². The van der Waals surface area contributed by atoms with Gasteiger partial charge in [-0.15, -0.1) is 0 Å². The number of hydrogen-bond acceptors (Lipinski definition) is 5. The van der Waals surface area contributed by atoms with Gasteiger partial charge in [0, 0.05) is 29.9 Å². The van der Waals surface area contributed by atoms with E-state index in [9.17, 15) is 8.42 Å². The first-order valence-corrected chi connectivity index (χ1v) is 7.14. The van der Waals surface area contributed by atoms with Crippen LogP contribution in [0.15, 0.2) is 23.9 Å². The van der Waals surface area contributed by atoms with E-state index in [1.807, 2.05) is 13.8 Å². The lowest BCUT2D eigenvalue weighted by Gasteiger charge is -2.18. The highest BCUT2D eigenvalue weighted by Gasteiger charge is 2.23. The molecule has 1 aromatic rings. The molecule has 0 aliphatic carbocycles. The van der Waals surface area contributed by atoms with Gasteiger partial charge in [0.15, 0.2) is 9.84 Å². The summed E-state index contributed by atoms with van der Waals surface area (Å²) in [6.45, 7) is 3.84. The Morgan fingerprint density at radius 2 is 2.12 bits per heavy atom. The number of aromatic nitrogens is 2.